The highest BCUT2D eigenvalue weighted by molar-refractivity contribution is 7.89. The van der Waals surface area contributed by atoms with Gasteiger partial charge in [0.15, 0.2) is 11.1 Å². The Balaban J connectivity index is 1.34. The van der Waals surface area contributed by atoms with Crippen LogP contribution < -0.4 is 21.3 Å². The Kier molecular flexibility index (Phi) is 5.75. The van der Waals surface area contributed by atoms with Crippen LogP contribution in [0, 0.1) is 11.6 Å². The Hall–Kier alpha value is -4.11. The fourth-order valence-corrected chi connectivity index (χ4v) is 5.79. The summed E-state index contributed by atoms with van der Waals surface area (Å²) in [5.74, 6) is -1.76. The van der Waals surface area contributed by atoms with E-state index in [4.69, 9.17) is 9.98 Å². The third-order valence-electron chi connectivity index (χ3n) is 6.44. The molecule has 0 bridgehead atoms. The molecule has 0 amide bonds. The maximum atomic E-state index is 14.2. The molecule has 1 aliphatic heterocycles. The zero-order chi connectivity index (χ0) is 26.6. The number of hydrogen-bond donors (Lipinski definition) is 3. The van der Waals surface area contributed by atoms with E-state index in [9.17, 15) is 27.1 Å². The number of hydrogen-bond acceptors (Lipinski definition) is 8. The first-order valence-corrected chi connectivity index (χ1v) is 13.3. The summed E-state index contributed by atoms with van der Waals surface area (Å²) in [6.45, 7) is 0.677. The molecule has 4 aromatic rings. The average Bonchev–Trinajstić information content (AvgIpc) is 3.51. The number of imidazole rings is 1. The van der Waals surface area contributed by atoms with Gasteiger partial charge >= 0.3 is 5.69 Å². The molecule has 198 valence electrons. The number of fused-ring (bicyclic) bond motifs is 1. The van der Waals surface area contributed by atoms with E-state index in [2.05, 4.69) is 15.1 Å². The van der Waals surface area contributed by atoms with Crippen LogP contribution in [0.1, 0.15) is 18.5 Å². The second kappa shape index (κ2) is 9.02. The van der Waals surface area contributed by atoms with E-state index < -0.39 is 32.2 Å². The Morgan fingerprint density at radius 2 is 1.87 bits per heavy atom. The molecule has 4 heterocycles. The van der Waals surface area contributed by atoms with E-state index in [-0.39, 0.29) is 43.8 Å². The summed E-state index contributed by atoms with van der Waals surface area (Å²) in [5, 5.41) is 14.9. The molecule has 0 unspecified atom stereocenters. The number of anilines is 1. The summed E-state index contributed by atoms with van der Waals surface area (Å²) < 4.78 is 56.2. The predicted molar refractivity (Wildman–Crippen MR) is 131 cm³/mol. The normalized spacial score (nSPS) is 18.1. The second-order valence-corrected chi connectivity index (χ2v) is 11.0. The minimum atomic E-state index is -4.15. The van der Waals surface area contributed by atoms with E-state index in [0.717, 1.165) is 29.3 Å². The number of H-pyrrole nitrogens is 2. The molecule has 3 N–H and O–H groups in total. The molecule has 1 aliphatic carbocycles. The minimum Gasteiger partial charge on any atom is -0.493 e. The van der Waals surface area contributed by atoms with Gasteiger partial charge in [-0.1, -0.05) is 0 Å². The predicted octanol–water partition coefficient (Wildman–Crippen LogP) is -0.149. The summed E-state index contributed by atoms with van der Waals surface area (Å²) in [5.41, 5.74) is 0.621. The van der Waals surface area contributed by atoms with Crippen molar-refractivity contribution in [3.63, 3.8) is 0 Å². The van der Waals surface area contributed by atoms with Crippen molar-refractivity contribution in [1.82, 2.24) is 28.9 Å². The lowest BCUT2D eigenvalue weighted by Crippen LogP contribution is -2.49. The van der Waals surface area contributed by atoms with E-state index in [1.807, 2.05) is 4.90 Å². The quantitative estimate of drug-likeness (QED) is 0.316. The minimum absolute atomic E-state index is 0.0673. The highest BCUT2D eigenvalue weighted by atomic mass is 32.2. The van der Waals surface area contributed by atoms with Gasteiger partial charge in [-0.05, 0) is 31.1 Å². The molecule has 15 heteroatoms. The third kappa shape index (κ3) is 4.43. The van der Waals surface area contributed by atoms with E-state index in [1.54, 1.807) is 16.8 Å². The number of piperazine rings is 1. The van der Waals surface area contributed by atoms with Crippen LogP contribution in [0.4, 0.5) is 14.6 Å². The molecule has 0 spiro atoms. The second-order valence-electron chi connectivity index (χ2n) is 9.12. The molecule has 1 saturated heterocycles. The highest BCUT2D eigenvalue weighted by Gasteiger charge is 2.31. The zero-order valence-corrected chi connectivity index (χ0v) is 20.6. The van der Waals surface area contributed by atoms with Gasteiger partial charge in [0.1, 0.15) is 28.0 Å². The fourth-order valence-electron chi connectivity index (χ4n) is 4.33. The summed E-state index contributed by atoms with van der Waals surface area (Å²) in [7, 11) is -4.15. The number of aromatic amines is 2. The summed E-state index contributed by atoms with van der Waals surface area (Å²) in [4.78, 5) is 27.1. The van der Waals surface area contributed by atoms with Crippen molar-refractivity contribution in [3.8, 4) is 5.88 Å². The van der Waals surface area contributed by atoms with Crippen LogP contribution in [0.2, 0.25) is 0 Å². The van der Waals surface area contributed by atoms with Crippen LogP contribution in [0.25, 0.3) is 11.7 Å². The molecule has 0 radical (unpaired) electrons. The van der Waals surface area contributed by atoms with E-state index in [1.165, 1.54) is 6.08 Å². The van der Waals surface area contributed by atoms with Crippen molar-refractivity contribution < 1.29 is 22.3 Å². The Morgan fingerprint density at radius 3 is 2.53 bits per heavy atom. The summed E-state index contributed by atoms with van der Waals surface area (Å²) in [6.07, 6.45) is 5.02. The van der Waals surface area contributed by atoms with Crippen LogP contribution in [0.5, 0.6) is 5.88 Å². The molecule has 1 saturated carbocycles. The van der Waals surface area contributed by atoms with Gasteiger partial charge in [0.25, 0.3) is 0 Å². The number of nitrogens with one attached hydrogen (secondary N) is 2. The topological polar surface area (TPSA) is 152 Å². The van der Waals surface area contributed by atoms with Gasteiger partial charge in [-0.3, -0.25) is 9.98 Å². The summed E-state index contributed by atoms with van der Waals surface area (Å²) in [6, 6.07) is 4.36. The van der Waals surface area contributed by atoms with Gasteiger partial charge in [0.05, 0.1) is 12.2 Å². The first-order valence-electron chi connectivity index (χ1n) is 11.8. The first kappa shape index (κ1) is 24.2. The van der Waals surface area contributed by atoms with Crippen LogP contribution >= 0.6 is 0 Å². The smallest absolute Gasteiger partial charge is 0.326 e. The molecule has 6 rings (SSSR count). The third-order valence-corrected chi connectivity index (χ3v) is 8.37. The van der Waals surface area contributed by atoms with Crippen molar-refractivity contribution >= 4 is 27.6 Å². The number of halogens is 2. The van der Waals surface area contributed by atoms with Gasteiger partial charge < -0.3 is 15.0 Å². The molecule has 0 atom stereocenters. The molecule has 3 aromatic heterocycles. The number of aromatic nitrogens is 5. The first-order chi connectivity index (χ1) is 18.2. The van der Waals surface area contributed by atoms with E-state index in [0.29, 0.717) is 28.2 Å². The van der Waals surface area contributed by atoms with Crippen molar-refractivity contribution in [2.24, 2.45) is 4.99 Å². The highest BCUT2D eigenvalue weighted by Crippen LogP contribution is 2.24. The number of aromatic hydroxyl groups is 1. The van der Waals surface area contributed by atoms with Crippen molar-refractivity contribution in [3.05, 3.63) is 69.0 Å². The molecular weight excluding hydrogens is 522 g/mol. The molecule has 1 aromatic carbocycles. The Morgan fingerprint density at radius 1 is 1.11 bits per heavy atom. The largest absolute Gasteiger partial charge is 0.493 e. The zero-order valence-electron chi connectivity index (χ0n) is 19.8. The monoisotopic (exact) mass is 544 g/mol. The van der Waals surface area contributed by atoms with Gasteiger partial charge in [-0.2, -0.15) is 13.9 Å². The molecule has 2 aliphatic rings. The standard InChI is InChI=1S/C23H22F2N8O4S/c24-14-1-4-18(16(25)10-14)38(36,37)32-7-5-31(6-8-32)19-11-20(27-15-2-3-15)33-21(29-19)13(12-26-33)9-17-22(34)30-23(35)28-17/h1,4,9-12,15,34H,2-3,5-8H2,(H2,28,30,35). The Labute approximate surface area is 213 Å². The van der Waals surface area contributed by atoms with Gasteiger partial charge in [-0.15, -0.1) is 0 Å². The van der Waals surface area contributed by atoms with Crippen LogP contribution in [-0.2, 0) is 10.0 Å². The molecule has 2 fully saturated rings. The molecule has 12 nitrogen and oxygen atoms in total. The van der Waals surface area contributed by atoms with Crippen LogP contribution in [-0.4, -0.2) is 74.6 Å². The molecular formula is C23H22F2N8O4S. The lowest BCUT2D eigenvalue weighted by atomic mass is 10.3. The molecule has 38 heavy (non-hydrogen) atoms. The number of rotatable bonds is 5. The lowest BCUT2D eigenvalue weighted by Gasteiger charge is -2.34. The SMILES string of the molecule is O=c1[nH]c(O)c(C=c2cnn3c(=NC4CC4)cc(N4CCN(S(=O)(=O)c5ccc(F)cc5F)CC4)nc23)[nH]1. The van der Waals surface area contributed by atoms with Crippen LogP contribution in [0.3, 0.4) is 0 Å². The lowest BCUT2D eigenvalue weighted by molar-refractivity contribution is 0.381. The van der Waals surface area contributed by atoms with Crippen molar-refractivity contribution in [2.45, 2.75) is 23.8 Å². The van der Waals surface area contributed by atoms with Crippen molar-refractivity contribution in [1.29, 1.82) is 0 Å². The fraction of sp³-hybridized carbons (Fsp3) is 0.304. The van der Waals surface area contributed by atoms with Crippen LogP contribution in [0.15, 0.2) is 45.1 Å². The number of nitrogens with zero attached hydrogens (tertiary/aromatic N) is 6. The number of sulfonamides is 1. The van der Waals surface area contributed by atoms with Gasteiger partial charge in [0.2, 0.25) is 15.9 Å². The van der Waals surface area contributed by atoms with Gasteiger partial charge in [0, 0.05) is 43.5 Å². The summed E-state index contributed by atoms with van der Waals surface area (Å²) >= 11 is 0. The van der Waals surface area contributed by atoms with Gasteiger partial charge in [-0.25, -0.2) is 27.0 Å². The Bertz CT molecular complexity index is 1840. The van der Waals surface area contributed by atoms with E-state index >= 15 is 0 Å². The number of benzene rings is 1. The van der Waals surface area contributed by atoms with Crippen molar-refractivity contribution in [2.75, 3.05) is 31.1 Å². The average molecular weight is 545 g/mol. The maximum absolute atomic E-state index is 14.2. The maximum Gasteiger partial charge on any atom is 0.326 e.